The van der Waals surface area contributed by atoms with Gasteiger partial charge < -0.3 is 19.9 Å². The second kappa shape index (κ2) is 7.57. The Morgan fingerprint density at radius 3 is 2.96 bits per heavy atom. The number of halogens is 1. The minimum absolute atomic E-state index is 0. The lowest BCUT2D eigenvalue weighted by Gasteiger charge is -2.11. The van der Waals surface area contributed by atoms with Crippen molar-refractivity contribution in [3.05, 3.63) is 23.6 Å². The lowest BCUT2D eigenvalue weighted by Crippen LogP contribution is -2.29. The summed E-state index contributed by atoms with van der Waals surface area (Å²) in [5.74, 6) is 1.27. The van der Waals surface area contributed by atoms with E-state index in [4.69, 9.17) is 19.9 Å². The van der Waals surface area contributed by atoms with Crippen LogP contribution in [-0.2, 0) is 9.53 Å². The van der Waals surface area contributed by atoms with Gasteiger partial charge in [0.05, 0.1) is 11.8 Å². The summed E-state index contributed by atoms with van der Waals surface area (Å²) in [5, 5.41) is 5.26. The molecule has 2 aromatic rings. The SMILES string of the molecule is Cl.NC[C@H]1CC[C@@H](C(=O)Nc2nc(-c3ccc4c(c3)OCO4)cs2)O1. The van der Waals surface area contributed by atoms with E-state index >= 15 is 0 Å². The minimum atomic E-state index is -0.448. The van der Waals surface area contributed by atoms with Crippen molar-refractivity contribution in [3.8, 4) is 22.8 Å². The first kappa shape index (κ1) is 17.9. The number of carbonyl (C=O) groups excluding carboxylic acids is 1. The summed E-state index contributed by atoms with van der Waals surface area (Å²) in [6.07, 6.45) is 1.03. The van der Waals surface area contributed by atoms with Crippen LogP contribution in [0, 0.1) is 0 Å². The lowest BCUT2D eigenvalue weighted by atomic mass is 10.1. The minimum Gasteiger partial charge on any atom is -0.454 e. The molecule has 9 heteroatoms. The van der Waals surface area contributed by atoms with E-state index in [2.05, 4.69) is 10.3 Å². The van der Waals surface area contributed by atoms with E-state index in [9.17, 15) is 4.79 Å². The predicted octanol–water partition coefficient (Wildman–Crippen LogP) is 2.41. The molecule has 1 fully saturated rings. The number of carbonyl (C=O) groups is 1. The number of benzene rings is 1. The summed E-state index contributed by atoms with van der Waals surface area (Å²) < 4.78 is 16.3. The number of fused-ring (bicyclic) bond motifs is 1. The molecule has 134 valence electrons. The molecule has 1 aromatic carbocycles. The molecule has 2 aliphatic heterocycles. The van der Waals surface area contributed by atoms with Crippen LogP contribution in [0.1, 0.15) is 12.8 Å². The molecule has 0 bridgehead atoms. The van der Waals surface area contributed by atoms with Crippen molar-refractivity contribution in [3.63, 3.8) is 0 Å². The van der Waals surface area contributed by atoms with Crippen LogP contribution in [0.25, 0.3) is 11.3 Å². The lowest BCUT2D eigenvalue weighted by molar-refractivity contribution is -0.126. The van der Waals surface area contributed by atoms with Crippen molar-refractivity contribution >= 4 is 34.8 Å². The molecule has 0 unspecified atom stereocenters. The van der Waals surface area contributed by atoms with Gasteiger partial charge in [-0.2, -0.15) is 0 Å². The normalized spacial score (nSPS) is 21.0. The van der Waals surface area contributed by atoms with Gasteiger partial charge in [0.1, 0.15) is 6.10 Å². The predicted molar refractivity (Wildman–Crippen MR) is 96.5 cm³/mol. The third-order valence-electron chi connectivity index (χ3n) is 4.07. The molecule has 1 saturated heterocycles. The number of nitrogens with zero attached hydrogens (tertiary/aromatic N) is 1. The third-order valence-corrected chi connectivity index (χ3v) is 4.82. The van der Waals surface area contributed by atoms with Gasteiger partial charge in [-0.1, -0.05) is 0 Å². The van der Waals surface area contributed by atoms with Gasteiger partial charge in [0.15, 0.2) is 16.6 Å². The van der Waals surface area contributed by atoms with Gasteiger partial charge in [0, 0.05) is 17.5 Å². The topological polar surface area (TPSA) is 95.7 Å². The van der Waals surface area contributed by atoms with E-state index in [0.29, 0.717) is 23.8 Å². The first-order chi connectivity index (χ1) is 11.7. The average Bonchev–Trinajstić information content (AvgIpc) is 3.33. The molecule has 4 rings (SSSR count). The zero-order valence-electron chi connectivity index (χ0n) is 13.3. The van der Waals surface area contributed by atoms with Gasteiger partial charge in [-0.25, -0.2) is 4.98 Å². The Labute approximate surface area is 154 Å². The van der Waals surface area contributed by atoms with E-state index in [1.807, 2.05) is 23.6 Å². The van der Waals surface area contributed by atoms with Crippen LogP contribution >= 0.6 is 23.7 Å². The summed E-state index contributed by atoms with van der Waals surface area (Å²) >= 11 is 1.38. The van der Waals surface area contributed by atoms with Crippen molar-refractivity contribution in [1.29, 1.82) is 0 Å². The highest BCUT2D eigenvalue weighted by molar-refractivity contribution is 7.14. The van der Waals surface area contributed by atoms with Crippen LogP contribution in [-0.4, -0.2) is 36.4 Å². The zero-order valence-corrected chi connectivity index (χ0v) is 14.9. The fourth-order valence-corrected chi connectivity index (χ4v) is 3.50. The quantitative estimate of drug-likeness (QED) is 0.841. The van der Waals surface area contributed by atoms with Crippen molar-refractivity contribution < 1.29 is 19.0 Å². The molecule has 0 radical (unpaired) electrons. The fraction of sp³-hybridized carbons (Fsp3) is 0.375. The maximum Gasteiger partial charge on any atom is 0.255 e. The molecule has 2 aliphatic rings. The maximum atomic E-state index is 12.2. The summed E-state index contributed by atoms with van der Waals surface area (Å²) in [7, 11) is 0. The Hall–Kier alpha value is -1.87. The number of rotatable bonds is 4. The average molecular weight is 384 g/mol. The number of thiazole rings is 1. The van der Waals surface area contributed by atoms with Gasteiger partial charge in [-0.05, 0) is 31.0 Å². The fourth-order valence-electron chi connectivity index (χ4n) is 2.78. The highest BCUT2D eigenvalue weighted by Crippen LogP contribution is 2.36. The smallest absolute Gasteiger partial charge is 0.255 e. The van der Waals surface area contributed by atoms with E-state index in [-0.39, 0.29) is 31.2 Å². The molecule has 0 aliphatic carbocycles. The van der Waals surface area contributed by atoms with Crippen molar-refractivity contribution in [2.24, 2.45) is 5.73 Å². The van der Waals surface area contributed by atoms with Crippen LogP contribution in [0.5, 0.6) is 11.5 Å². The largest absolute Gasteiger partial charge is 0.454 e. The van der Waals surface area contributed by atoms with Crippen LogP contribution < -0.4 is 20.5 Å². The Bertz CT molecular complexity index is 770. The standard InChI is InChI=1S/C16H17N3O4S.ClH/c17-6-10-2-4-13(23-10)15(20)19-16-18-11(7-24-16)9-1-3-12-14(5-9)22-8-21-12;/h1,3,5,7,10,13H,2,4,6,8,17H2,(H,18,19,20);1H/t10-,13+;/m1./s1. The molecular formula is C16H18ClN3O4S. The Kier molecular flexibility index (Phi) is 5.43. The Morgan fingerprint density at radius 1 is 1.32 bits per heavy atom. The van der Waals surface area contributed by atoms with Gasteiger partial charge in [-0.15, -0.1) is 23.7 Å². The first-order valence-corrected chi connectivity index (χ1v) is 8.63. The summed E-state index contributed by atoms with van der Waals surface area (Å²) in [5.41, 5.74) is 7.26. The number of amides is 1. The Morgan fingerprint density at radius 2 is 2.16 bits per heavy atom. The molecule has 0 spiro atoms. The number of hydrogen-bond acceptors (Lipinski definition) is 7. The first-order valence-electron chi connectivity index (χ1n) is 7.75. The van der Waals surface area contributed by atoms with E-state index in [1.54, 1.807) is 0 Å². The molecule has 25 heavy (non-hydrogen) atoms. The van der Waals surface area contributed by atoms with Gasteiger partial charge >= 0.3 is 0 Å². The molecule has 7 nitrogen and oxygen atoms in total. The van der Waals surface area contributed by atoms with E-state index < -0.39 is 6.10 Å². The number of anilines is 1. The molecule has 0 saturated carbocycles. The Balaban J connectivity index is 0.00000182. The van der Waals surface area contributed by atoms with E-state index in [1.165, 1.54) is 11.3 Å². The molecular weight excluding hydrogens is 366 g/mol. The molecule has 2 atom stereocenters. The number of nitrogens with two attached hydrogens (primary N) is 1. The van der Waals surface area contributed by atoms with Gasteiger partial charge in [0.2, 0.25) is 6.79 Å². The highest BCUT2D eigenvalue weighted by Gasteiger charge is 2.30. The molecule has 1 amide bonds. The van der Waals surface area contributed by atoms with Crippen LogP contribution in [0.15, 0.2) is 23.6 Å². The van der Waals surface area contributed by atoms with Crippen LogP contribution in [0.2, 0.25) is 0 Å². The van der Waals surface area contributed by atoms with Crippen LogP contribution in [0.3, 0.4) is 0 Å². The summed E-state index contributed by atoms with van der Waals surface area (Å²) in [6, 6.07) is 5.66. The second-order valence-electron chi connectivity index (χ2n) is 5.65. The highest BCUT2D eigenvalue weighted by atomic mass is 35.5. The number of nitrogens with one attached hydrogen (secondary N) is 1. The number of ether oxygens (including phenoxy) is 3. The molecule has 1 aromatic heterocycles. The second-order valence-corrected chi connectivity index (χ2v) is 6.51. The molecule has 3 heterocycles. The van der Waals surface area contributed by atoms with E-state index in [0.717, 1.165) is 23.4 Å². The van der Waals surface area contributed by atoms with Crippen molar-refractivity contribution in [2.45, 2.75) is 25.0 Å². The molecule has 3 N–H and O–H groups in total. The summed E-state index contributed by atoms with van der Waals surface area (Å²) in [6.45, 7) is 0.678. The maximum absolute atomic E-state index is 12.2. The number of aromatic nitrogens is 1. The van der Waals surface area contributed by atoms with Crippen LogP contribution in [0.4, 0.5) is 5.13 Å². The summed E-state index contributed by atoms with van der Waals surface area (Å²) in [4.78, 5) is 16.7. The van der Waals surface area contributed by atoms with Gasteiger partial charge in [-0.3, -0.25) is 10.1 Å². The van der Waals surface area contributed by atoms with Gasteiger partial charge in [0.25, 0.3) is 5.91 Å². The monoisotopic (exact) mass is 383 g/mol. The number of hydrogen-bond donors (Lipinski definition) is 2. The van der Waals surface area contributed by atoms with Crippen molar-refractivity contribution in [2.75, 3.05) is 18.7 Å². The van der Waals surface area contributed by atoms with Crippen molar-refractivity contribution in [1.82, 2.24) is 4.98 Å². The third kappa shape index (κ3) is 3.72. The zero-order chi connectivity index (χ0) is 16.5.